The van der Waals surface area contributed by atoms with Crippen LogP contribution in [0.2, 0.25) is 0 Å². The molecule has 2 aromatic rings. The van der Waals surface area contributed by atoms with Crippen molar-refractivity contribution in [2.75, 3.05) is 0 Å². The zero-order chi connectivity index (χ0) is 8.55. The normalized spacial score (nSPS) is 10.4. The molecule has 12 heavy (non-hydrogen) atoms. The number of rotatable bonds is 0. The van der Waals surface area contributed by atoms with Crippen LogP contribution in [0.4, 0.5) is 0 Å². The summed E-state index contributed by atoms with van der Waals surface area (Å²) in [5, 5.41) is 4.49. The minimum atomic E-state index is -0.129. The van der Waals surface area contributed by atoms with Gasteiger partial charge in [-0.3, -0.25) is 4.79 Å². The average molecular weight is 161 g/mol. The van der Waals surface area contributed by atoms with Gasteiger partial charge < -0.3 is 4.52 Å². The molecule has 0 saturated carbocycles. The molecule has 0 saturated heterocycles. The van der Waals surface area contributed by atoms with E-state index in [0.29, 0.717) is 5.58 Å². The maximum absolute atomic E-state index is 11.3. The summed E-state index contributed by atoms with van der Waals surface area (Å²) < 4.78 is 4.88. The maximum Gasteiger partial charge on any atom is 0.224 e. The molecule has 2 rings (SSSR count). The van der Waals surface area contributed by atoms with Crippen LogP contribution in [0, 0.1) is 6.92 Å². The summed E-state index contributed by atoms with van der Waals surface area (Å²) in [6.07, 6.45) is 0. The second-order valence-electron chi connectivity index (χ2n) is 2.59. The van der Waals surface area contributed by atoms with Crippen LogP contribution < -0.4 is 5.43 Å². The van der Waals surface area contributed by atoms with Crippen molar-refractivity contribution in [1.29, 1.82) is 0 Å². The fraction of sp³-hybridized carbons (Fsp3) is 0.111. The molecule has 1 aromatic carbocycles. The Kier molecular flexibility index (Phi) is 1.43. The van der Waals surface area contributed by atoms with Crippen LogP contribution >= 0.6 is 0 Å². The summed E-state index contributed by atoms with van der Waals surface area (Å²) in [5.41, 5.74) is 0.950. The third-order valence-corrected chi connectivity index (χ3v) is 1.75. The van der Waals surface area contributed by atoms with Gasteiger partial charge in [-0.15, -0.1) is 0 Å². The standard InChI is InChI=1S/C9H7NO2/c1-6-7-4-2-3-5-8(11)9(7)12-10-6/h2-5H,1H3. The molecule has 1 aromatic heterocycles. The lowest BCUT2D eigenvalue weighted by Gasteiger charge is -1.74. The summed E-state index contributed by atoms with van der Waals surface area (Å²) in [7, 11) is 0. The van der Waals surface area contributed by atoms with Crippen molar-refractivity contribution in [3.05, 3.63) is 40.2 Å². The van der Waals surface area contributed by atoms with Gasteiger partial charge in [0.15, 0.2) is 0 Å². The first-order chi connectivity index (χ1) is 5.79. The predicted octanol–water partition coefficient (Wildman–Crippen LogP) is 1.50. The van der Waals surface area contributed by atoms with Gasteiger partial charge in [-0.05, 0) is 19.1 Å². The fourth-order valence-corrected chi connectivity index (χ4v) is 1.12. The Hall–Kier alpha value is -1.64. The molecule has 0 aliphatic heterocycles. The van der Waals surface area contributed by atoms with Gasteiger partial charge in [-0.2, -0.15) is 0 Å². The van der Waals surface area contributed by atoms with Crippen LogP contribution in [-0.2, 0) is 0 Å². The third kappa shape index (κ3) is 0.906. The number of fused-ring (bicyclic) bond motifs is 1. The zero-order valence-electron chi connectivity index (χ0n) is 6.57. The van der Waals surface area contributed by atoms with Crippen molar-refractivity contribution < 1.29 is 4.52 Å². The van der Waals surface area contributed by atoms with E-state index in [4.69, 9.17) is 4.52 Å². The van der Waals surface area contributed by atoms with E-state index in [1.54, 1.807) is 12.1 Å². The van der Waals surface area contributed by atoms with Crippen LogP contribution in [0.15, 0.2) is 33.6 Å². The van der Waals surface area contributed by atoms with Crippen LogP contribution in [-0.4, -0.2) is 5.16 Å². The molecule has 0 unspecified atom stereocenters. The van der Waals surface area contributed by atoms with E-state index in [9.17, 15) is 4.79 Å². The zero-order valence-corrected chi connectivity index (χ0v) is 6.57. The van der Waals surface area contributed by atoms with Gasteiger partial charge in [0.1, 0.15) is 0 Å². The van der Waals surface area contributed by atoms with Crippen molar-refractivity contribution >= 4 is 11.0 Å². The van der Waals surface area contributed by atoms with E-state index in [2.05, 4.69) is 5.16 Å². The number of hydrogen-bond acceptors (Lipinski definition) is 3. The van der Waals surface area contributed by atoms with E-state index < -0.39 is 0 Å². The highest BCUT2D eigenvalue weighted by atomic mass is 16.5. The van der Waals surface area contributed by atoms with E-state index in [-0.39, 0.29) is 5.43 Å². The minimum absolute atomic E-state index is 0.129. The molecule has 0 radical (unpaired) electrons. The Morgan fingerprint density at radius 1 is 1.33 bits per heavy atom. The molecule has 0 spiro atoms. The van der Waals surface area contributed by atoms with Gasteiger partial charge in [0.05, 0.1) is 5.69 Å². The first-order valence-electron chi connectivity index (χ1n) is 3.64. The van der Waals surface area contributed by atoms with Crippen molar-refractivity contribution in [3.63, 3.8) is 0 Å². The first-order valence-corrected chi connectivity index (χ1v) is 3.64. The van der Waals surface area contributed by atoms with Crippen molar-refractivity contribution in [2.24, 2.45) is 0 Å². The van der Waals surface area contributed by atoms with Crippen LogP contribution in [0.5, 0.6) is 0 Å². The van der Waals surface area contributed by atoms with E-state index in [1.807, 2.05) is 13.0 Å². The highest BCUT2D eigenvalue weighted by Gasteiger charge is 2.03. The Bertz CT molecular complexity index is 473. The van der Waals surface area contributed by atoms with Gasteiger partial charge in [0.25, 0.3) is 0 Å². The van der Waals surface area contributed by atoms with E-state index in [1.165, 1.54) is 6.07 Å². The summed E-state index contributed by atoms with van der Waals surface area (Å²) in [6.45, 7) is 1.81. The molecule has 0 aliphatic rings. The summed E-state index contributed by atoms with van der Waals surface area (Å²) in [6, 6.07) is 6.78. The second kappa shape index (κ2) is 2.44. The smallest absolute Gasteiger partial charge is 0.224 e. The molecule has 3 heteroatoms. The molecular formula is C9H7NO2. The van der Waals surface area contributed by atoms with Crippen molar-refractivity contribution in [2.45, 2.75) is 6.92 Å². The molecule has 0 bridgehead atoms. The number of hydrogen-bond donors (Lipinski definition) is 0. The van der Waals surface area contributed by atoms with Crippen molar-refractivity contribution in [3.8, 4) is 0 Å². The van der Waals surface area contributed by atoms with Gasteiger partial charge >= 0.3 is 0 Å². The Morgan fingerprint density at radius 2 is 2.08 bits per heavy atom. The molecule has 0 fully saturated rings. The van der Waals surface area contributed by atoms with Crippen molar-refractivity contribution in [1.82, 2.24) is 5.16 Å². The monoisotopic (exact) mass is 161 g/mol. The van der Waals surface area contributed by atoms with Gasteiger partial charge in [0, 0.05) is 5.39 Å². The molecule has 0 amide bonds. The average Bonchev–Trinajstić information content (AvgIpc) is 2.30. The minimum Gasteiger partial charge on any atom is -0.352 e. The second-order valence-corrected chi connectivity index (χ2v) is 2.59. The largest absolute Gasteiger partial charge is 0.352 e. The van der Waals surface area contributed by atoms with Gasteiger partial charge in [-0.1, -0.05) is 17.3 Å². The lowest BCUT2D eigenvalue weighted by atomic mass is 10.3. The summed E-state index contributed by atoms with van der Waals surface area (Å²) >= 11 is 0. The molecule has 0 N–H and O–H groups in total. The SMILES string of the molecule is Cc1noc2c(=O)ccccc12. The summed E-state index contributed by atoms with van der Waals surface area (Å²) in [4.78, 5) is 11.3. The molecule has 1 heterocycles. The lowest BCUT2D eigenvalue weighted by molar-refractivity contribution is 0.448. The Balaban J connectivity index is 3.08. The Labute approximate surface area is 68.6 Å². The highest BCUT2D eigenvalue weighted by molar-refractivity contribution is 5.77. The van der Waals surface area contributed by atoms with E-state index >= 15 is 0 Å². The number of aryl methyl sites for hydroxylation is 1. The van der Waals surface area contributed by atoms with Crippen LogP contribution in [0.1, 0.15) is 5.69 Å². The Morgan fingerprint density at radius 3 is 2.92 bits per heavy atom. The van der Waals surface area contributed by atoms with Gasteiger partial charge in [0.2, 0.25) is 11.0 Å². The quantitative estimate of drug-likeness (QED) is 0.588. The third-order valence-electron chi connectivity index (χ3n) is 1.75. The number of nitrogens with zero attached hydrogens (tertiary/aromatic N) is 1. The van der Waals surface area contributed by atoms with Crippen LogP contribution in [0.3, 0.4) is 0 Å². The first kappa shape index (κ1) is 7.03. The maximum atomic E-state index is 11.3. The molecule has 0 aliphatic carbocycles. The van der Waals surface area contributed by atoms with Gasteiger partial charge in [-0.25, -0.2) is 0 Å². The molecular weight excluding hydrogens is 154 g/mol. The lowest BCUT2D eigenvalue weighted by Crippen LogP contribution is -1.91. The fourth-order valence-electron chi connectivity index (χ4n) is 1.12. The predicted molar refractivity (Wildman–Crippen MR) is 45.0 cm³/mol. The van der Waals surface area contributed by atoms with E-state index in [0.717, 1.165) is 11.1 Å². The van der Waals surface area contributed by atoms with Crippen LogP contribution in [0.25, 0.3) is 11.0 Å². The summed E-state index contributed by atoms with van der Waals surface area (Å²) in [5.74, 6) is 0. The number of aromatic nitrogens is 1. The molecule has 60 valence electrons. The molecule has 3 nitrogen and oxygen atoms in total. The topological polar surface area (TPSA) is 43.1 Å². The highest BCUT2D eigenvalue weighted by Crippen LogP contribution is 2.11. The molecule has 0 atom stereocenters.